The predicted octanol–water partition coefficient (Wildman–Crippen LogP) is 0.525. The molecule has 2 heterocycles. The van der Waals surface area contributed by atoms with E-state index >= 15 is 0 Å². The minimum Gasteiger partial charge on any atom is -0.490 e. The molecule has 3 rings (SSSR count). The van der Waals surface area contributed by atoms with E-state index in [9.17, 15) is 14.4 Å². The number of nitrogens with one attached hydrogen (secondary N) is 2. The summed E-state index contributed by atoms with van der Waals surface area (Å²) in [6.45, 7) is 5.05. The van der Waals surface area contributed by atoms with Gasteiger partial charge in [-0.3, -0.25) is 19.3 Å². The molecule has 170 valence electrons. The van der Waals surface area contributed by atoms with Crippen LogP contribution < -0.4 is 20.1 Å². The van der Waals surface area contributed by atoms with Crippen molar-refractivity contribution in [3.05, 3.63) is 23.8 Å². The fraction of sp³-hybridized carbons (Fsp3) is 0.591. The molecule has 3 amide bonds. The number of hydrogen-bond acceptors (Lipinski definition) is 6. The fourth-order valence-electron chi connectivity index (χ4n) is 3.74. The van der Waals surface area contributed by atoms with Crippen molar-refractivity contribution in [2.75, 3.05) is 52.5 Å². The van der Waals surface area contributed by atoms with Gasteiger partial charge < -0.3 is 25.0 Å². The first-order chi connectivity index (χ1) is 15.1. The van der Waals surface area contributed by atoms with Crippen molar-refractivity contribution in [2.45, 2.75) is 32.7 Å². The van der Waals surface area contributed by atoms with Crippen LogP contribution in [0.4, 0.5) is 0 Å². The lowest BCUT2D eigenvalue weighted by molar-refractivity contribution is -0.139. The second kappa shape index (κ2) is 11.5. The van der Waals surface area contributed by atoms with Crippen LogP contribution in [0.1, 0.15) is 31.7 Å². The highest BCUT2D eigenvalue weighted by Crippen LogP contribution is 2.32. The maximum Gasteiger partial charge on any atom is 0.239 e. The predicted molar refractivity (Wildman–Crippen MR) is 115 cm³/mol. The minimum absolute atomic E-state index is 0.0407. The van der Waals surface area contributed by atoms with Crippen molar-refractivity contribution < 1.29 is 23.9 Å². The maximum atomic E-state index is 12.8. The number of carbonyl (C=O) groups is 3. The Labute approximate surface area is 183 Å². The third-order valence-corrected chi connectivity index (χ3v) is 5.26. The first kappa shape index (κ1) is 22.9. The van der Waals surface area contributed by atoms with E-state index in [0.29, 0.717) is 50.9 Å². The third-order valence-electron chi connectivity index (χ3n) is 5.26. The summed E-state index contributed by atoms with van der Waals surface area (Å²) < 4.78 is 11.8. The third kappa shape index (κ3) is 6.85. The first-order valence-electron chi connectivity index (χ1n) is 11.0. The number of benzene rings is 1. The molecule has 0 radical (unpaired) electrons. The number of nitrogens with zero attached hydrogens (tertiary/aromatic N) is 2. The smallest absolute Gasteiger partial charge is 0.239 e. The van der Waals surface area contributed by atoms with Gasteiger partial charge in [-0.15, -0.1) is 0 Å². The summed E-state index contributed by atoms with van der Waals surface area (Å²) in [4.78, 5) is 40.3. The van der Waals surface area contributed by atoms with E-state index in [1.807, 2.05) is 25.1 Å². The lowest BCUT2D eigenvalue weighted by atomic mass is 10.1. The highest BCUT2D eigenvalue weighted by molar-refractivity contribution is 5.87. The SMILES string of the molecule is CCOc1cccc2c1OCCCCCNC(=O)CN(CC(=O)N1CCNC(=O)C1)C2. The van der Waals surface area contributed by atoms with Gasteiger partial charge >= 0.3 is 0 Å². The van der Waals surface area contributed by atoms with Gasteiger partial charge in [0.2, 0.25) is 17.7 Å². The van der Waals surface area contributed by atoms with E-state index in [0.717, 1.165) is 24.8 Å². The van der Waals surface area contributed by atoms with Gasteiger partial charge in [-0.1, -0.05) is 12.1 Å². The summed E-state index contributed by atoms with van der Waals surface area (Å²) in [6, 6.07) is 5.69. The number of amides is 3. The molecule has 0 bridgehead atoms. The summed E-state index contributed by atoms with van der Waals surface area (Å²) in [5, 5.41) is 5.65. The Hall–Kier alpha value is -2.81. The molecule has 1 aromatic carbocycles. The highest BCUT2D eigenvalue weighted by Gasteiger charge is 2.25. The number of piperazine rings is 1. The standard InChI is InChI=1S/C22H32N4O5/c1-2-30-18-8-6-7-17-13-25(16-21(29)26-11-10-24-20(28)15-26)14-19(27)23-9-4-3-5-12-31-22(17)18/h6-8H,2-5,9-16H2,1H3,(H,23,27)(H,24,28). The fourth-order valence-corrected chi connectivity index (χ4v) is 3.74. The van der Waals surface area contributed by atoms with Gasteiger partial charge in [0.1, 0.15) is 0 Å². The van der Waals surface area contributed by atoms with Crippen LogP contribution >= 0.6 is 0 Å². The van der Waals surface area contributed by atoms with E-state index in [2.05, 4.69) is 10.6 Å². The number of carbonyl (C=O) groups excluding carboxylic acids is 3. The van der Waals surface area contributed by atoms with Crippen molar-refractivity contribution >= 4 is 17.7 Å². The van der Waals surface area contributed by atoms with Crippen molar-refractivity contribution in [2.24, 2.45) is 0 Å². The lowest BCUT2D eigenvalue weighted by Crippen LogP contribution is -2.52. The van der Waals surface area contributed by atoms with E-state index in [1.54, 1.807) is 4.90 Å². The van der Waals surface area contributed by atoms with Crippen molar-refractivity contribution in [3.63, 3.8) is 0 Å². The van der Waals surface area contributed by atoms with Gasteiger partial charge in [-0.25, -0.2) is 0 Å². The quantitative estimate of drug-likeness (QED) is 0.720. The summed E-state index contributed by atoms with van der Waals surface area (Å²) in [5.74, 6) is 0.877. The van der Waals surface area contributed by atoms with Gasteiger partial charge in [0.25, 0.3) is 0 Å². The Kier molecular flexibility index (Phi) is 8.52. The van der Waals surface area contributed by atoms with Gasteiger partial charge in [0, 0.05) is 31.7 Å². The molecule has 0 aromatic heterocycles. The maximum absolute atomic E-state index is 12.8. The zero-order chi connectivity index (χ0) is 22.1. The molecule has 0 aliphatic carbocycles. The van der Waals surface area contributed by atoms with Gasteiger partial charge in [-0.05, 0) is 32.3 Å². The van der Waals surface area contributed by atoms with Crippen molar-refractivity contribution in [3.8, 4) is 11.5 Å². The number of ether oxygens (including phenoxy) is 2. The zero-order valence-electron chi connectivity index (χ0n) is 18.2. The van der Waals surface area contributed by atoms with Crippen LogP contribution in [-0.4, -0.2) is 80.0 Å². The van der Waals surface area contributed by atoms with Crippen LogP contribution in [0.25, 0.3) is 0 Å². The Bertz CT molecular complexity index is 785. The Balaban J connectivity index is 1.81. The van der Waals surface area contributed by atoms with Crippen molar-refractivity contribution in [1.29, 1.82) is 0 Å². The highest BCUT2D eigenvalue weighted by atomic mass is 16.5. The summed E-state index contributed by atoms with van der Waals surface area (Å²) >= 11 is 0. The molecule has 2 N–H and O–H groups in total. The average Bonchev–Trinajstić information content (AvgIpc) is 2.75. The molecule has 0 saturated carbocycles. The Morgan fingerprint density at radius 2 is 1.87 bits per heavy atom. The van der Waals surface area contributed by atoms with Crippen LogP contribution in [0, 0.1) is 0 Å². The van der Waals surface area contributed by atoms with Gasteiger partial charge in [0.05, 0.1) is 32.8 Å². The first-order valence-corrected chi connectivity index (χ1v) is 11.0. The molecule has 9 heteroatoms. The number of hydrogen-bond donors (Lipinski definition) is 2. The zero-order valence-corrected chi connectivity index (χ0v) is 18.2. The normalized spacial score (nSPS) is 18.9. The van der Waals surface area contributed by atoms with Crippen LogP contribution in [0.5, 0.6) is 11.5 Å². The molecule has 0 unspecified atom stereocenters. The molecular weight excluding hydrogens is 400 g/mol. The van der Waals surface area contributed by atoms with Gasteiger partial charge in [-0.2, -0.15) is 0 Å². The van der Waals surface area contributed by atoms with E-state index in [1.165, 1.54) is 4.90 Å². The second-order valence-electron chi connectivity index (χ2n) is 7.75. The number of fused-ring (bicyclic) bond motifs is 1. The Morgan fingerprint density at radius 1 is 1.06 bits per heavy atom. The van der Waals surface area contributed by atoms with Crippen LogP contribution in [0.2, 0.25) is 0 Å². The van der Waals surface area contributed by atoms with Crippen molar-refractivity contribution in [1.82, 2.24) is 20.4 Å². The van der Waals surface area contributed by atoms with Crippen LogP contribution in [-0.2, 0) is 20.9 Å². The molecule has 2 aliphatic rings. The summed E-state index contributed by atoms with van der Waals surface area (Å²) in [7, 11) is 0. The van der Waals surface area contributed by atoms with Crippen LogP contribution in [0.3, 0.4) is 0 Å². The molecule has 1 fully saturated rings. The molecule has 0 atom stereocenters. The van der Waals surface area contributed by atoms with Crippen LogP contribution in [0.15, 0.2) is 18.2 Å². The number of para-hydroxylation sites is 1. The summed E-state index contributed by atoms with van der Waals surface area (Å²) in [5.41, 5.74) is 0.863. The number of rotatable bonds is 4. The average molecular weight is 433 g/mol. The monoisotopic (exact) mass is 432 g/mol. The van der Waals surface area contributed by atoms with Gasteiger partial charge in [0.15, 0.2) is 11.5 Å². The minimum atomic E-state index is -0.171. The topological polar surface area (TPSA) is 100 Å². The largest absolute Gasteiger partial charge is 0.490 e. The van der Waals surface area contributed by atoms with E-state index in [-0.39, 0.29) is 37.4 Å². The second-order valence-corrected chi connectivity index (χ2v) is 7.75. The molecular formula is C22H32N4O5. The molecule has 1 saturated heterocycles. The summed E-state index contributed by atoms with van der Waals surface area (Å²) in [6.07, 6.45) is 2.71. The van der Waals surface area contributed by atoms with E-state index < -0.39 is 0 Å². The van der Waals surface area contributed by atoms with E-state index in [4.69, 9.17) is 9.47 Å². The Morgan fingerprint density at radius 3 is 2.68 bits per heavy atom. The molecule has 9 nitrogen and oxygen atoms in total. The molecule has 31 heavy (non-hydrogen) atoms. The molecule has 0 spiro atoms. The lowest BCUT2D eigenvalue weighted by Gasteiger charge is -2.30. The molecule has 2 aliphatic heterocycles. The molecule has 1 aromatic rings.